The number of hydrogen-bond acceptors (Lipinski definition) is 0. The Bertz CT molecular complexity index is 433. The zero-order valence-corrected chi connectivity index (χ0v) is 14.1. The normalized spacial score (nSPS) is 32.8. The van der Waals surface area contributed by atoms with Crippen LogP contribution in [-0.2, 0) is 0 Å². The Morgan fingerprint density at radius 3 is 1.91 bits per heavy atom. The van der Waals surface area contributed by atoms with Gasteiger partial charge in [-0.2, -0.15) is 0 Å². The molecule has 0 heterocycles. The molecule has 2 saturated carbocycles. The second-order valence-electron chi connectivity index (χ2n) is 7.73. The van der Waals surface area contributed by atoms with E-state index in [-0.39, 0.29) is 5.82 Å². The molecule has 1 aromatic rings. The van der Waals surface area contributed by atoms with Crippen LogP contribution in [0.2, 0.25) is 0 Å². The van der Waals surface area contributed by atoms with Gasteiger partial charge in [0.25, 0.3) is 0 Å². The Morgan fingerprint density at radius 1 is 0.818 bits per heavy atom. The summed E-state index contributed by atoms with van der Waals surface area (Å²) in [5.41, 5.74) is 1.35. The molecule has 0 atom stereocenters. The van der Waals surface area contributed by atoms with E-state index in [4.69, 9.17) is 0 Å². The van der Waals surface area contributed by atoms with E-state index in [0.29, 0.717) is 5.92 Å². The van der Waals surface area contributed by atoms with Crippen LogP contribution >= 0.6 is 0 Å². The SMILES string of the molecule is CCCC1CCC(C2CCC(c3ccc(F)cc3)CC2)CC1. The highest BCUT2D eigenvalue weighted by molar-refractivity contribution is 5.20. The maximum absolute atomic E-state index is 13.0. The van der Waals surface area contributed by atoms with Crippen molar-refractivity contribution in [2.45, 2.75) is 77.0 Å². The minimum absolute atomic E-state index is 0.110. The van der Waals surface area contributed by atoms with Crippen molar-refractivity contribution in [1.82, 2.24) is 0 Å². The lowest BCUT2D eigenvalue weighted by atomic mass is 9.68. The van der Waals surface area contributed by atoms with Gasteiger partial charge >= 0.3 is 0 Å². The van der Waals surface area contributed by atoms with Crippen molar-refractivity contribution in [2.75, 3.05) is 0 Å². The van der Waals surface area contributed by atoms with Gasteiger partial charge in [0.2, 0.25) is 0 Å². The minimum Gasteiger partial charge on any atom is -0.207 e. The predicted molar refractivity (Wildman–Crippen MR) is 91.5 cm³/mol. The Labute approximate surface area is 135 Å². The molecule has 0 aliphatic heterocycles. The van der Waals surface area contributed by atoms with Gasteiger partial charge in [-0.1, -0.05) is 44.7 Å². The van der Waals surface area contributed by atoms with Gasteiger partial charge in [-0.05, 0) is 79.9 Å². The van der Waals surface area contributed by atoms with E-state index in [2.05, 4.69) is 6.92 Å². The van der Waals surface area contributed by atoms with Crippen LogP contribution in [0.25, 0.3) is 0 Å². The maximum Gasteiger partial charge on any atom is 0.123 e. The van der Waals surface area contributed by atoms with E-state index in [1.54, 1.807) is 12.1 Å². The first kappa shape index (κ1) is 16.0. The molecule has 0 spiro atoms. The molecule has 0 N–H and O–H groups in total. The molecule has 122 valence electrons. The van der Waals surface area contributed by atoms with Crippen molar-refractivity contribution >= 4 is 0 Å². The van der Waals surface area contributed by atoms with Gasteiger partial charge in [-0.15, -0.1) is 0 Å². The van der Waals surface area contributed by atoms with E-state index in [9.17, 15) is 4.39 Å². The molecule has 0 bridgehead atoms. The highest BCUT2D eigenvalue weighted by Crippen LogP contribution is 2.44. The highest BCUT2D eigenvalue weighted by Gasteiger charge is 2.30. The van der Waals surface area contributed by atoms with Crippen LogP contribution < -0.4 is 0 Å². The zero-order valence-electron chi connectivity index (χ0n) is 14.1. The van der Waals surface area contributed by atoms with Crippen LogP contribution in [0.3, 0.4) is 0 Å². The molecule has 2 aliphatic rings. The van der Waals surface area contributed by atoms with Gasteiger partial charge in [-0.3, -0.25) is 0 Å². The molecule has 2 fully saturated rings. The van der Waals surface area contributed by atoms with E-state index in [1.807, 2.05) is 12.1 Å². The fraction of sp³-hybridized carbons (Fsp3) is 0.714. The molecule has 0 unspecified atom stereocenters. The highest BCUT2D eigenvalue weighted by atomic mass is 19.1. The molecule has 2 aliphatic carbocycles. The van der Waals surface area contributed by atoms with Crippen molar-refractivity contribution in [1.29, 1.82) is 0 Å². The summed E-state index contributed by atoms with van der Waals surface area (Å²) in [7, 11) is 0. The summed E-state index contributed by atoms with van der Waals surface area (Å²) >= 11 is 0. The molecular formula is C21H31F. The summed E-state index contributed by atoms with van der Waals surface area (Å²) in [5.74, 6) is 3.56. The van der Waals surface area contributed by atoms with Gasteiger partial charge < -0.3 is 0 Å². The molecule has 0 amide bonds. The van der Waals surface area contributed by atoms with E-state index in [0.717, 1.165) is 17.8 Å². The molecule has 22 heavy (non-hydrogen) atoms. The first-order valence-electron chi connectivity index (χ1n) is 9.51. The number of hydrogen-bond donors (Lipinski definition) is 0. The first-order valence-corrected chi connectivity index (χ1v) is 9.51. The molecule has 1 aromatic carbocycles. The summed E-state index contributed by atoms with van der Waals surface area (Å²) < 4.78 is 13.0. The zero-order chi connectivity index (χ0) is 15.4. The Morgan fingerprint density at radius 2 is 1.36 bits per heavy atom. The second kappa shape index (κ2) is 7.62. The molecule has 0 saturated heterocycles. The first-order chi connectivity index (χ1) is 10.8. The third kappa shape index (κ3) is 3.91. The lowest BCUT2D eigenvalue weighted by Crippen LogP contribution is -2.25. The van der Waals surface area contributed by atoms with Crippen LogP contribution in [0.4, 0.5) is 4.39 Å². The van der Waals surface area contributed by atoms with Crippen LogP contribution in [0, 0.1) is 23.6 Å². The number of halogens is 1. The van der Waals surface area contributed by atoms with Crippen molar-refractivity contribution in [2.24, 2.45) is 17.8 Å². The lowest BCUT2D eigenvalue weighted by molar-refractivity contribution is 0.156. The number of benzene rings is 1. The third-order valence-corrected chi connectivity index (χ3v) is 6.37. The average molecular weight is 302 g/mol. The second-order valence-corrected chi connectivity index (χ2v) is 7.73. The molecule has 0 aromatic heterocycles. The van der Waals surface area contributed by atoms with Gasteiger partial charge in [0.15, 0.2) is 0 Å². The van der Waals surface area contributed by atoms with E-state index < -0.39 is 0 Å². The van der Waals surface area contributed by atoms with Gasteiger partial charge in [0.05, 0.1) is 0 Å². The van der Waals surface area contributed by atoms with Crippen LogP contribution in [0.15, 0.2) is 24.3 Å². The van der Waals surface area contributed by atoms with Crippen LogP contribution in [0.5, 0.6) is 0 Å². The van der Waals surface area contributed by atoms with E-state index in [1.165, 1.54) is 69.8 Å². The van der Waals surface area contributed by atoms with Crippen molar-refractivity contribution < 1.29 is 4.39 Å². The molecule has 3 rings (SSSR count). The smallest absolute Gasteiger partial charge is 0.123 e. The van der Waals surface area contributed by atoms with Crippen molar-refractivity contribution in [3.05, 3.63) is 35.6 Å². The largest absolute Gasteiger partial charge is 0.207 e. The van der Waals surface area contributed by atoms with Gasteiger partial charge in [0, 0.05) is 0 Å². The Hall–Kier alpha value is -0.850. The maximum atomic E-state index is 13.0. The van der Waals surface area contributed by atoms with E-state index >= 15 is 0 Å². The van der Waals surface area contributed by atoms with Gasteiger partial charge in [-0.25, -0.2) is 4.39 Å². The topological polar surface area (TPSA) is 0 Å². The molecule has 1 heteroatoms. The monoisotopic (exact) mass is 302 g/mol. The quantitative estimate of drug-likeness (QED) is 0.580. The van der Waals surface area contributed by atoms with Crippen molar-refractivity contribution in [3.63, 3.8) is 0 Å². The summed E-state index contributed by atoms with van der Waals surface area (Å²) in [6.07, 6.45) is 14.1. The standard InChI is InChI=1S/C21H31F/c1-2-3-16-4-6-17(7-5-16)18-8-10-19(11-9-18)20-12-14-21(22)15-13-20/h12-19H,2-11H2,1H3. The summed E-state index contributed by atoms with van der Waals surface area (Å²) in [6.45, 7) is 2.32. The third-order valence-electron chi connectivity index (χ3n) is 6.37. The summed E-state index contributed by atoms with van der Waals surface area (Å²) in [6, 6.07) is 7.24. The fourth-order valence-corrected chi connectivity index (χ4v) is 5.02. The Balaban J connectivity index is 1.47. The molecule has 0 radical (unpaired) electrons. The minimum atomic E-state index is -0.110. The fourth-order valence-electron chi connectivity index (χ4n) is 5.02. The van der Waals surface area contributed by atoms with Gasteiger partial charge in [0.1, 0.15) is 5.82 Å². The lowest BCUT2D eigenvalue weighted by Gasteiger charge is -2.38. The molecule has 0 nitrogen and oxygen atoms in total. The average Bonchev–Trinajstić information content (AvgIpc) is 2.57. The summed E-state index contributed by atoms with van der Waals surface area (Å²) in [4.78, 5) is 0. The van der Waals surface area contributed by atoms with Crippen molar-refractivity contribution in [3.8, 4) is 0 Å². The number of rotatable bonds is 4. The predicted octanol–water partition coefficient (Wildman–Crippen LogP) is 6.71. The van der Waals surface area contributed by atoms with Crippen LogP contribution in [-0.4, -0.2) is 0 Å². The Kier molecular flexibility index (Phi) is 5.55. The molecular weight excluding hydrogens is 271 g/mol. The van der Waals surface area contributed by atoms with Crippen LogP contribution in [0.1, 0.15) is 82.6 Å². The summed E-state index contributed by atoms with van der Waals surface area (Å²) in [5, 5.41) is 0.